The molecule has 5 nitrogen and oxygen atoms in total. The van der Waals surface area contributed by atoms with Crippen LogP contribution in [0.2, 0.25) is 0 Å². The number of hydrogen-bond acceptors (Lipinski definition) is 3. The van der Waals surface area contributed by atoms with Gasteiger partial charge in [-0.1, -0.05) is 0 Å². The Labute approximate surface area is 78.2 Å². The van der Waals surface area contributed by atoms with Crippen LogP contribution < -0.4 is 5.73 Å². The van der Waals surface area contributed by atoms with Gasteiger partial charge in [-0.3, -0.25) is 23.7 Å². The Morgan fingerprint density at radius 1 is 1.23 bits per heavy atom. The van der Waals surface area contributed by atoms with E-state index >= 15 is 0 Å². The summed E-state index contributed by atoms with van der Waals surface area (Å²) in [4.78, 5) is 19.6. The van der Waals surface area contributed by atoms with Crippen LogP contribution in [0.25, 0.3) is 0 Å². The number of carboxylic acid groups (broad SMARTS) is 2. The maximum Gasteiger partial charge on any atom is 2.00 e. The van der Waals surface area contributed by atoms with Gasteiger partial charge in [0.2, 0.25) is 0 Å². The predicted octanol–water partition coefficient (Wildman–Crippen LogP) is -0.825. The topological polar surface area (TPSA) is 101 Å². The van der Waals surface area contributed by atoms with Crippen molar-refractivity contribution in [1.29, 1.82) is 0 Å². The van der Waals surface area contributed by atoms with Gasteiger partial charge in [0.1, 0.15) is 6.04 Å². The molecular formula is C4H12BeF3NO4. The third kappa shape index (κ3) is 18.1. The summed E-state index contributed by atoms with van der Waals surface area (Å²) in [5, 5.41) is 16.0. The smallest absolute Gasteiger partial charge is 1.00 e. The second kappa shape index (κ2) is 13.4. The van der Waals surface area contributed by atoms with Crippen LogP contribution >= 0.6 is 0 Å². The molecule has 0 aromatic carbocycles. The first-order chi connectivity index (χ1) is 4.04. The Hall–Kier alpha value is -1.14. The van der Waals surface area contributed by atoms with Crippen LogP contribution in [0.3, 0.4) is 0 Å². The monoisotopic (exact) mass is 204 g/mol. The molecule has 9 heteroatoms. The van der Waals surface area contributed by atoms with Crippen LogP contribution in [-0.2, 0) is 9.59 Å². The molecule has 0 saturated heterocycles. The summed E-state index contributed by atoms with van der Waals surface area (Å²) in [6.07, 6.45) is -0.532. The fourth-order valence-electron chi connectivity index (χ4n) is 0.275. The van der Waals surface area contributed by atoms with E-state index in [1.807, 2.05) is 0 Å². The average molecular weight is 204 g/mol. The maximum atomic E-state index is 9.85. The van der Waals surface area contributed by atoms with Crippen molar-refractivity contribution in [3.05, 3.63) is 0 Å². The number of rotatable bonds is 3. The third-order valence-electron chi connectivity index (χ3n) is 0.712. The normalized spacial score (nSPS) is 8.69. The minimum Gasteiger partial charge on any atom is -1.00 e. The second-order valence-corrected chi connectivity index (χ2v) is 1.54. The van der Waals surface area contributed by atoms with E-state index in [9.17, 15) is 9.59 Å². The van der Waals surface area contributed by atoms with Crippen LogP contribution in [0.4, 0.5) is 14.1 Å². The number of aliphatic carboxylic acids is 2. The van der Waals surface area contributed by atoms with Crippen molar-refractivity contribution in [3.63, 3.8) is 0 Å². The van der Waals surface area contributed by atoms with Gasteiger partial charge in [-0.2, -0.15) is 0 Å². The molecule has 0 amide bonds. The largest absolute Gasteiger partial charge is 2.00 e. The molecule has 1 unspecified atom stereocenters. The Morgan fingerprint density at radius 3 is 1.62 bits per heavy atom. The summed E-state index contributed by atoms with van der Waals surface area (Å²) < 4.78 is 0. The minimum absolute atomic E-state index is 0. The van der Waals surface area contributed by atoms with Gasteiger partial charge in [0.15, 0.2) is 0 Å². The summed E-state index contributed by atoms with van der Waals surface area (Å²) in [5.41, 5.74) is 4.84. The summed E-state index contributed by atoms with van der Waals surface area (Å²) in [6.45, 7) is 0. The molecule has 0 aliphatic heterocycles. The van der Waals surface area contributed by atoms with Crippen molar-refractivity contribution >= 4 is 22.1 Å². The predicted molar refractivity (Wildman–Crippen MR) is 43.4 cm³/mol. The van der Waals surface area contributed by atoms with Crippen molar-refractivity contribution in [2.75, 3.05) is 0 Å². The zero-order valence-electron chi connectivity index (χ0n) is 8.50. The van der Waals surface area contributed by atoms with Crippen LogP contribution in [0, 0.1) is 0 Å². The summed E-state index contributed by atoms with van der Waals surface area (Å²) >= 11 is 0. The van der Waals surface area contributed by atoms with E-state index in [0.717, 1.165) is 0 Å². The number of carbonyl (C=O) groups is 2. The molecule has 0 fully saturated rings. The quantitative estimate of drug-likeness (QED) is 0.521. The molecule has 0 aliphatic carbocycles. The third-order valence-corrected chi connectivity index (χ3v) is 0.712. The average Bonchev–Trinajstić information content (AvgIpc) is 1.63. The molecule has 80 valence electrons. The van der Waals surface area contributed by atoms with E-state index in [1.165, 1.54) is 0 Å². The Morgan fingerprint density at radius 2 is 1.54 bits per heavy atom. The second-order valence-electron chi connectivity index (χ2n) is 1.54. The molecule has 0 aromatic rings. The summed E-state index contributed by atoms with van der Waals surface area (Å²) in [7, 11) is 0. The number of nitrogens with two attached hydrogens (primary N) is 1. The standard InChI is InChI=1S/C4H7NO4.Be.3FH.2H/c5-2(4(8)9)1-3(6)7;;;;;;/h2H,1,5H2,(H,6,7)(H,8,9);;3*1H;;/q;+2;;;;2*-1. The van der Waals surface area contributed by atoms with Gasteiger partial charge >= 0.3 is 22.1 Å². The number of hydrogen-bond donors (Lipinski definition) is 3. The molecule has 0 radical (unpaired) electrons. The molecule has 0 aliphatic rings. The van der Waals surface area contributed by atoms with Crippen molar-refractivity contribution in [3.8, 4) is 0 Å². The van der Waals surface area contributed by atoms with Crippen molar-refractivity contribution in [2.24, 2.45) is 5.73 Å². The van der Waals surface area contributed by atoms with E-state index in [4.69, 9.17) is 15.9 Å². The van der Waals surface area contributed by atoms with Crippen molar-refractivity contribution in [1.82, 2.24) is 0 Å². The van der Waals surface area contributed by atoms with Gasteiger partial charge in [0.25, 0.3) is 0 Å². The van der Waals surface area contributed by atoms with Crippen molar-refractivity contribution in [2.45, 2.75) is 12.5 Å². The number of halogens is 3. The molecule has 0 rings (SSSR count). The molecule has 0 aromatic heterocycles. The maximum absolute atomic E-state index is 9.85. The fraction of sp³-hybridized carbons (Fsp3) is 0.500. The van der Waals surface area contributed by atoms with Gasteiger partial charge in [0, 0.05) is 0 Å². The first kappa shape index (κ1) is 29.7. The molecule has 13 heavy (non-hydrogen) atoms. The van der Waals surface area contributed by atoms with Crippen LogP contribution in [0.15, 0.2) is 0 Å². The van der Waals surface area contributed by atoms with Crippen LogP contribution in [0.1, 0.15) is 9.27 Å². The first-order valence-electron chi connectivity index (χ1n) is 2.24. The van der Waals surface area contributed by atoms with E-state index < -0.39 is 24.4 Å². The van der Waals surface area contributed by atoms with Gasteiger partial charge in [-0.15, -0.1) is 0 Å². The Bertz CT molecular complexity index is 156. The Kier molecular flexibility index (Phi) is 30.8. The van der Waals surface area contributed by atoms with Gasteiger partial charge < -0.3 is 18.8 Å². The van der Waals surface area contributed by atoms with Gasteiger partial charge in [0.05, 0.1) is 6.42 Å². The first-order valence-corrected chi connectivity index (χ1v) is 2.24. The summed E-state index contributed by atoms with van der Waals surface area (Å²) in [5.74, 6) is -2.50. The van der Waals surface area contributed by atoms with Crippen LogP contribution in [0.5, 0.6) is 0 Å². The zero-order chi connectivity index (χ0) is 7.44. The van der Waals surface area contributed by atoms with E-state index in [-0.39, 0.29) is 27.1 Å². The van der Waals surface area contributed by atoms with Crippen molar-refractivity contribution < 1.29 is 36.8 Å². The Balaban J connectivity index is -0.0000000213. The molecular weight excluding hydrogens is 192 g/mol. The number of carboxylic acids is 2. The molecule has 1 atom stereocenters. The van der Waals surface area contributed by atoms with E-state index in [2.05, 4.69) is 0 Å². The molecule has 4 N–H and O–H groups in total. The molecule has 0 bridgehead atoms. The fourth-order valence-corrected chi connectivity index (χ4v) is 0.275. The van der Waals surface area contributed by atoms with E-state index in [1.54, 1.807) is 0 Å². The molecule has 0 saturated carbocycles. The summed E-state index contributed by atoms with van der Waals surface area (Å²) in [6, 6.07) is -1.29. The molecule has 0 spiro atoms. The zero-order valence-corrected chi connectivity index (χ0v) is 6.50. The van der Waals surface area contributed by atoms with Gasteiger partial charge in [-0.05, 0) is 0 Å². The van der Waals surface area contributed by atoms with Crippen LogP contribution in [-0.4, -0.2) is 38.3 Å². The molecule has 0 heterocycles. The van der Waals surface area contributed by atoms with E-state index in [0.29, 0.717) is 0 Å². The van der Waals surface area contributed by atoms with Gasteiger partial charge in [-0.25, -0.2) is 0 Å². The SMILES string of the molecule is F.F.F.NC(CC(=O)O)C(=O)O.[Be+2].[H-].[H-]. The minimum atomic E-state index is -1.29.